The van der Waals surface area contributed by atoms with Gasteiger partial charge >= 0.3 is 0 Å². The molecule has 1 aliphatic carbocycles. The minimum Gasteiger partial charge on any atom is -0.371 e. The lowest BCUT2D eigenvalue weighted by atomic mass is 10.1. The summed E-state index contributed by atoms with van der Waals surface area (Å²) in [6.45, 7) is 4.11. The first-order valence-corrected chi connectivity index (χ1v) is 7.73. The van der Waals surface area contributed by atoms with Gasteiger partial charge in [0.15, 0.2) is 0 Å². The first kappa shape index (κ1) is 13.9. The van der Waals surface area contributed by atoms with E-state index in [9.17, 15) is 0 Å². The van der Waals surface area contributed by atoms with Crippen molar-refractivity contribution in [2.75, 3.05) is 18.5 Å². The molecule has 2 rings (SSSR count). The molecule has 0 radical (unpaired) electrons. The molecular formula is C15H23BrN2. The average Bonchev–Trinajstić information content (AvgIpc) is 2.89. The summed E-state index contributed by atoms with van der Waals surface area (Å²) in [5, 5.41) is 3.43. The van der Waals surface area contributed by atoms with Crippen molar-refractivity contribution in [2.45, 2.75) is 45.2 Å². The van der Waals surface area contributed by atoms with Gasteiger partial charge in [-0.3, -0.25) is 0 Å². The molecule has 2 nitrogen and oxygen atoms in total. The van der Waals surface area contributed by atoms with E-state index in [0.29, 0.717) is 0 Å². The smallest absolute Gasteiger partial charge is 0.0412 e. The standard InChI is InChI=1S/C15H23BrN2/c1-3-17-11-12-10-13(16)8-9-15(12)18(2)14-6-4-5-7-14/h8-10,14,17H,3-7,11H2,1-2H3. The SMILES string of the molecule is CCNCc1cc(Br)ccc1N(C)C1CCCC1. The molecule has 0 heterocycles. The van der Waals surface area contributed by atoms with Crippen molar-refractivity contribution in [3.63, 3.8) is 0 Å². The van der Waals surface area contributed by atoms with Crippen LogP contribution in [0.3, 0.4) is 0 Å². The van der Waals surface area contributed by atoms with E-state index in [4.69, 9.17) is 0 Å². The van der Waals surface area contributed by atoms with Crippen LogP contribution in [0.4, 0.5) is 5.69 Å². The van der Waals surface area contributed by atoms with Crippen LogP contribution in [0.2, 0.25) is 0 Å². The molecular weight excluding hydrogens is 288 g/mol. The maximum absolute atomic E-state index is 3.57. The number of hydrogen-bond donors (Lipinski definition) is 1. The predicted molar refractivity (Wildman–Crippen MR) is 82.2 cm³/mol. The molecule has 1 N–H and O–H groups in total. The molecule has 0 bridgehead atoms. The molecule has 1 saturated carbocycles. The highest BCUT2D eigenvalue weighted by Crippen LogP contribution is 2.30. The summed E-state index contributed by atoms with van der Waals surface area (Å²) in [5.74, 6) is 0. The molecule has 1 aromatic carbocycles. The summed E-state index contributed by atoms with van der Waals surface area (Å²) in [7, 11) is 2.24. The largest absolute Gasteiger partial charge is 0.371 e. The molecule has 0 amide bonds. The van der Waals surface area contributed by atoms with Gasteiger partial charge in [0.25, 0.3) is 0 Å². The van der Waals surface area contributed by atoms with Gasteiger partial charge in [0.05, 0.1) is 0 Å². The number of rotatable bonds is 5. The zero-order valence-corrected chi connectivity index (χ0v) is 13.0. The Labute approximate surface area is 119 Å². The van der Waals surface area contributed by atoms with Gasteiger partial charge in [0.2, 0.25) is 0 Å². The molecule has 0 aliphatic heterocycles. The predicted octanol–water partition coefficient (Wildman–Crippen LogP) is 3.94. The maximum atomic E-state index is 3.57. The lowest BCUT2D eigenvalue weighted by Crippen LogP contribution is -2.30. The summed E-state index contributed by atoms with van der Waals surface area (Å²) >= 11 is 3.57. The van der Waals surface area contributed by atoms with Gasteiger partial charge in [-0.15, -0.1) is 0 Å². The van der Waals surface area contributed by atoms with E-state index in [1.165, 1.54) is 41.4 Å². The van der Waals surface area contributed by atoms with Crippen molar-refractivity contribution in [2.24, 2.45) is 0 Å². The summed E-state index contributed by atoms with van der Waals surface area (Å²) in [6, 6.07) is 7.36. The molecule has 3 heteroatoms. The van der Waals surface area contributed by atoms with E-state index in [1.54, 1.807) is 0 Å². The Bertz CT molecular complexity index is 386. The zero-order valence-electron chi connectivity index (χ0n) is 11.4. The third-order valence-corrected chi connectivity index (χ3v) is 4.35. The van der Waals surface area contributed by atoms with E-state index in [1.807, 2.05) is 0 Å². The molecule has 100 valence electrons. The van der Waals surface area contributed by atoms with Crippen molar-refractivity contribution in [1.29, 1.82) is 0 Å². The fraction of sp³-hybridized carbons (Fsp3) is 0.600. The quantitative estimate of drug-likeness (QED) is 0.886. The first-order valence-electron chi connectivity index (χ1n) is 6.94. The number of nitrogens with one attached hydrogen (secondary N) is 1. The Morgan fingerprint density at radius 1 is 1.33 bits per heavy atom. The lowest BCUT2D eigenvalue weighted by molar-refractivity contribution is 0.645. The van der Waals surface area contributed by atoms with E-state index in [2.05, 4.69) is 58.3 Å². The van der Waals surface area contributed by atoms with Gasteiger partial charge in [-0.1, -0.05) is 35.7 Å². The topological polar surface area (TPSA) is 15.3 Å². The van der Waals surface area contributed by atoms with Crippen LogP contribution < -0.4 is 10.2 Å². The third kappa shape index (κ3) is 3.27. The van der Waals surface area contributed by atoms with Crippen molar-refractivity contribution in [3.8, 4) is 0 Å². The minimum absolute atomic E-state index is 0.728. The highest BCUT2D eigenvalue weighted by Gasteiger charge is 2.21. The fourth-order valence-corrected chi connectivity index (χ4v) is 3.20. The van der Waals surface area contributed by atoms with Crippen LogP contribution in [-0.4, -0.2) is 19.6 Å². The van der Waals surface area contributed by atoms with Gasteiger partial charge in [0.1, 0.15) is 0 Å². The van der Waals surface area contributed by atoms with E-state index < -0.39 is 0 Å². The molecule has 0 unspecified atom stereocenters. The Balaban J connectivity index is 2.18. The summed E-state index contributed by atoms with van der Waals surface area (Å²) in [4.78, 5) is 2.48. The minimum atomic E-state index is 0.728. The Hall–Kier alpha value is -0.540. The number of hydrogen-bond acceptors (Lipinski definition) is 2. The Kier molecular flexibility index (Phi) is 5.07. The highest BCUT2D eigenvalue weighted by atomic mass is 79.9. The molecule has 1 aromatic rings. The molecule has 0 spiro atoms. The van der Waals surface area contributed by atoms with Crippen LogP contribution in [0.15, 0.2) is 22.7 Å². The summed E-state index contributed by atoms with van der Waals surface area (Å²) < 4.78 is 1.17. The van der Waals surface area contributed by atoms with Crippen LogP contribution >= 0.6 is 15.9 Å². The van der Waals surface area contributed by atoms with Crippen molar-refractivity contribution in [1.82, 2.24) is 5.32 Å². The zero-order chi connectivity index (χ0) is 13.0. The Morgan fingerprint density at radius 2 is 2.06 bits per heavy atom. The average molecular weight is 311 g/mol. The lowest BCUT2D eigenvalue weighted by Gasteiger charge is -2.29. The van der Waals surface area contributed by atoms with Crippen LogP contribution in [0.1, 0.15) is 38.2 Å². The summed E-state index contributed by atoms with van der Waals surface area (Å²) in [6.07, 6.45) is 5.45. The van der Waals surface area contributed by atoms with Crippen molar-refractivity contribution < 1.29 is 0 Å². The highest BCUT2D eigenvalue weighted by molar-refractivity contribution is 9.10. The van der Waals surface area contributed by atoms with Gasteiger partial charge in [-0.2, -0.15) is 0 Å². The Morgan fingerprint density at radius 3 is 2.72 bits per heavy atom. The molecule has 18 heavy (non-hydrogen) atoms. The normalized spacial score (nSPS) is 16.2. The number of benzene rings is 1. The van der Waals surface area contributed by atoms with Crippen LogP contribution in [0, 0.1) is 0 Å². The van der Waals surface area contributed by atoms with Gasteiger partial charge < -0.3 is 10.2 Å². The van der Waals surface area contributed by atoms with Crippen LogP contribution in [0.5, 0.6) is 0 Å². The molecule has 1 fully saturated rings. The van der Waals surface area contributed by atoms with E-state index >= 15 is 0 Å². The molecule has 0 saturated heterocycles. The molecule has 0 aromatic heterocycles. The van der Waals surface area contributed by atoms with Gasteiger partial charge in [0, 0.05) is 29.8 Å². The number of nitrogens with zero attached hydrogens (tertiary/aromatic N) is 1. The van der Waals surface area contributed by atoms with Crippen LogP contribution in [-0.2, 0) is 6.54 Å². The third-order valence-electron chi connectivity index (χ3n) is 3.86. The molecule has 0 atom stereocenters. The van der Waals surface area contributed by atoms with Gasteiger partial charge in [-0.05, 0) is 43.1 Å². The summed E-state index contributed by atoms with van der Waals surface area (Å²) in [5.41, 5.74) is 2.77. The second-order valence-corrected chi connectivity index (χ2v) is 6.02. The molecule has 1 aliphatic rings. The fourth-order valence-electron chi connectivity index (χ4n) is 2.79. The first-order chi connectivity index (χ1) is 8.72. The maximum Gasteiger partial charge on any atom is 0.0412 e. The number of halogens is 1. The van der Waals surface area contributed by atoms with E-state index in [-0.39, 0.29) is 0 Å². The van der Waals surface area contributed by atoms with Crippen molar-refractivity contribution in [3.05, 3.63) is 28.2 Å². The monoisotopic (exact) mass is 310 g/mol. The second kappa shape index (κ2) is 6.58. The van der Waals surface area contributed by atoms with Crippen LogP contribution in [0.25, 0.3) is 0 Å². The van der Waals surface area contributed by atoms with Gasteiger partial charge in [-0.25, -0.2) is 0 Å². The van der Waals surface area contributed by atoms with E-state index in [0.717, 1.165) is 19.1 Å². The number of anilines is 1. The second-order valence-electron chi connectivity index (χ2n) is 5.10. The van der Waals surface area contributed by atoms with Crippen molar-refractivity contribution >= 4 is 21.6 Å².